The maximum Gasteiger partial charge on any atom is 0.358 e. The van der Waals surface area contributed by atoms with E-state index in [0.29, 0.717) is 11.3 Å². The summed E-state index contributed by atoms with van der Waals surface area (Å²) in [6, 6.07) is 7.25. The number of aromatic nitrogens is 1. The van der Waals surface area contributed by atoms with E-state index in [9.17, 15) is 9.18 Å². The third-order valence-electron chi connectivity index (χ3n) is 2.33. The molecule has 0 aliphatic rings. The Hall–Kier alpha value is -2.43. The highest BCUT2D eigenvalue weighted by molar-refractivity contribution is 5.88. The Kier molecular flexibility index (Phi) is 3.23. The van der Waals surface area contributed by atoms with Gasteiger partial charge >= 0.3 is 5.97 Å². The lowest BCUT2D eigenvalue weighted by molar-refractivity contribution is 0.0687. The van der Waals surface area contributed by atoms with E-state index in [4.69, 9.17) is 9.84 Å². The minimum Gasteiger partial charge on any atom is -0.476 e. The third kappa shape index (κ3) is 2.45. The van der Waals surface area contributed by atoms with Gasteiger partial charge in [-0.1, -0.05) is 0 Å². The van der Waals surface area contributed by atoms with E-state index in [-0.39, 0.29) is 17.3 Å². The lowest BCUT2D eigenvalue weighted by Crippen LogP contribution is -2.02. The molecule has 1 heterocycles. The van der Waals surface area contributed by atoms with Crippen LogP contribution >= 0.6 is 0 Å². The average molecular weight is 247 g/mol. The number of ether oxygens (including phenoxy) is 1. The van der Waals surface area contributed by atoms with E-state index >= 15 is 0 Å². The number of carboxylic acid groups (broad SMARTS) is 1. The van der Waals surface area contributed by atoms with Gasteiger partial charge in [-0.15, -0.1) is 0 Å². The molecule has 4 nitrogen and oxygen atoms in total. The van der Waals surface area contributed by atoms with Crippen LogP contribution in [0.25, 0.3) is 0 Å². The summed E-state index contributed by atoms with van der Waals surface area (Å²) in [6.45, 7) is 1.60. The van der Waals surface area contributed by atoms with Crippen LogP contribution in [0.15, 0.2) is 36.5 Å². The second-order valence-corrected chi connectivity index (χ2v) is 3.67. The molecule has 0 saturated heterocycles. The Morgan fingerprint density at radius 2 is 2.17 bits per heavy atom. The van der Waals surface area contributed by atoms with E-state index in [0.717, 1.165) is 0 Å². The van der Waals surface area contributed by atoms with Gasteiger partial charge in [0.1, 0.15) is 11.6 Å². The number of halogens is 1. The zero-order valence-corrected chi connectivity index (χ0v) is 9.55. The monoisotopic (exact) mass is 247 g/mol. The van der Waals surface area contributed by atoms with Gasteiger partial charge in [-0.3, -0.25) is 0 Å². The van der Waals surface area contributed by atoms with Gasteiger partial charge in [-0.25, -0.2) is 14.2 Å². The van der Waals surface area contributed by atoms with Crippen LogP contribution in [0, 0.1) is 12.7 Å². The van der Waals surface area contributed by atoms with Crippen LogP contribution < -0.4 is 4.74 Å². The van der Waals surface area contributed by atoms with Crippen molar-refractivity contribution in [1.29, 1.82) is 0 Å². The van der Waals surface area contributed by atoms with Crippen molar-refractivity contribution in [2.75, 3.05) is 0 Å². The van der Waals surface area contributed by atoms with Crippen molar-refractivity contribution >= 4 is 5.97 Å². The molecule has 2 rings (SSSR count). The van der Waals surface area contributed by atoms with Crippen molar-refractivity contribution in [2.45, 2.75) is 6.92 Å². The molecule has 5 heteroatoms. The highest BCUT2D eigenvalue weighted by atomic mass is 19.1. The summed E-state index contributed by atoms with van der Waals surface area (Å²) in [5, 5.41) is 8.94. The average Bonchev–Trinajstić information content (AvgIpc) is 2.34. The Balaban J connectivity index is 2.34. The van der Waals surface area contributed by atoms with E-state index in [1.807, 2.05) is 0 Å². The molecule has 1 N–H and O–H groups in total. The number of aromatic carboxylic acids is 1. The number of carbonyl (C=O) groups is 1. The first-order valence-corrected chi connectivity index (χ1v) is 5.20. The standard InChI is InChI=1S/C13H10FNO3/c1-8-7-9(4-5-10(8)14)18-11-3-2-6-15-12(11)13(16)17/h2-7H,1H3,(H,16,17). The number of nitrogens with zero attached hydrogens (tertiary/aromatic N) is 1. The second kappa shape index (κ2) is 4.83. The number of benzene rings is 1. The first-order valence-electron chi connectivity index (χ1n) is 5.20. The van der Waals surface area contributed by atoms with Gasteiger partial charge in [0.2, 0.25) is 0 Å². The minimum absolute atomic E-state index is 0.121. The van der Waals surface area contributed by atoms with Crippen LogP contribution in [0.1, 0.15) is 16.1 Å². The van der Waals surface area contributed by atoms with Gasteiger partial charge < -0.3 is 9.84 Å². The first-order chi connectivity index (χ1) is 8.58. The Morgan fingerprint density at radius 1 is 1.39 bits per heavy atom. The highest BCUT2D eigenvalue weighted by Gasteiger charge is 2.13. The van der Waals surface area contributed by atoms with Crippen molar-refractivity contribution in [1.82, 2.24) is 4.98 Å². The van der Waals surface area contributed by atoms with Crippen molar-refractivity contribution < 1.29 is 19.0 Å². The molecule has 2 aromatic rings. The Labute approximate surface area is 103 Å². The molecule has 92 valence electrons. The van der Waals surface area contributed by atoms with E-state index in [1.54, 1.807) is 13.0 Å². The fourth-order valence-electron chi connectivity index (χ4n) is 1.44. The number of rotatable bonds is 3. The van der Waals surface area contributed by atoms with Gasteiger partial charge in [-0.2, -0.15) is 0 Å². The number of carboxylic acids is 1. The molecule has 0 amide bonds. The summed E-state index contributed by atoms with van der Waals surface area (Å²) in [5.74, 6) is -1.03. The highest BCUT2D eigenvalue weighted by Crippen LogP contribution is 2.25. The van der Waals surface area contributed by atoms with Crippen LogP contribution in [0.5, 0.6) is 11.5 Å². The predicted molar refractivity (Wildman–Crippen MR) is 62.4 cm³/mol. The fourth-order valence-corrected chi connectivity index (χ4v) is 1.44. The van der Waals surface area contributed by atoms with Gasteiger partial charge in [0.15, 0.2) is 11.4 Å². The molecule has 0 unspecified atom stereocenters. The molecule has 0 atom stereocenters. The zero-order valence-electron chi connectivity index (χ0n) is 9.55. The summed E-state index contributed by atoms with van der Waals surface area (Å²) >= 11 is 0. The predicted octanol–water partition coefficient (Wildman–Crippen LogP) is 3.02. The zero-order chi connectivity index (χ0) is 13.1. The summed E-state index contributed by atoms with van der Waals surface area (Å²) in [6.07, 6.45) is 1.37. The lowest BCUT2D eigenvalue weighted by Gasteiger charge is -2.08. The van der Waals surface area contributed by atoms with Crippen LogP contribution in [0.3, 0.4) is 0 Å². The van der Waals surface area contributed by atoms with Crippen LogP contribution in [0.4, 0.5) is 4.39 Å². The maximum absolute atomic E-state index is 13.1. The Morgan fingerprint density at radius 3 is 2.83 bits per heavy atom. The Bertz CT molecular complexity index is 599. The molecule has 0 fully saturated rings. The summed E-state index contributed by atoms with van der Waals surface area (Å²) < 4.78 is 18.5. The molecule has 1 aromatic heterocycles. The molecule has 0 radical (unpaired) electrons. The number of hydrogen-bond acceptors (Lipinski definition) is 3. The fraction of sp³-hybridized carbons (Fsp3) is 0.0769. The van der Waals surface area contributed by atoms with Gasteiger partial charge in [0.05, 0.1) is 0 Å². The van der Waals surface area contributed by atoms with Gasteiger partial charge in [-0.05, 0) is 42.8 Å². The molecule has 0 saturated carbocycles. The molecular formula is C13H10FNO3. The van der Waals surface area contributed by atoms with Crippen LogP contribution in [0.2, 0.25) is 0 Å². The SMILES string of the molecule is Cc1cc(Oc2cccnc2C(=O)O)ccc1F. The van der Waals surface area contributed by atoms with E-state index in [1.165, 1.54) is 30.5 Å². The summed E-state index contributed by atoms with van der Waals surface area (Å²) in [4.78, 5) is 14.6. The lowest BCUT2D eigenvalue weighted by atomic mass is 10.2. The maximum atomic E-state index is 13.1. The smallest absolute Gasteiger partial charge is 0.358 e. The largest absolute Gasteiger partial charge is 0.476 e. The quantitative estimate of drug-likeness (QED) is 0.905. The topological polar surface area (TPSA) is 59.4 Å². The van der Waals surface area contributed by atoms with Crippen molar-refractivity contribution in [3.8, 4) is 11.5 Å². The molecule has 0 bridgehead atoms. The summed E-state index contributed by atoms with van der Waals surface area (Å²) in [7, 11) is 0. The molecule has 1 aromatic carbocycles. The number of aryl methyl sites for hydroxylation is 1. The van der Waals surface area contributed by atoms with E-state index in [2.05, 4.69) is 4.98 Å². The van der Waals surface area contributed by atoms with Crippen molar-refractivity contribution in [3.63, 3.8) is 0 Å². The van der Waals surface area contributed by atoms with Gasteiger partial charge in [0.25, 0.3) is 0 Å². The van der Waals surface area contributed by atoms with Crippen molar-refractivity contribution in [2.24, 2.45) is 0 Å². The van der Waals surface area contributed by atoms with E-state index < -0.39 is 5.97 Å². The third-order valence-corrected chi connectivity index (χ3v) is 2.33. The summed E-state index contributed by atoms with van der Waals surface area (Å²) in [5.41, 5.74) is 0.243. The molecule has 0 spiro atoms. The minimum atomic E-state index is -1.18. The molecule has 0 aliphatic heterocycles. The molecular weight excluding hydrogens is 237 g/mol. The van der Waals surface area contributed by atoms with Crippen molar-refractivity contribution in [3.05, 3.63) is 53.6 Å². The van der Waals surface area contributed by atoms with Gasteiger partial charge in [0, 0.05) is 6.20 Å². The first kappa shape index (κ1) is 12.0. The second-order valence-electron chi connectivity index (χ2n) is 3.67. The van der Waals surface area contributed by atoms with Crippen LogP contribution in [-0.4, -0.2) is 16.1 Å². The van der Waals surface area contributed by atoms with Crippen LogP contribution in [-0.2, 0) is 0 Å². The number of hydrogen-bond donors (Lipinski definition) is 1. The molecule has 18 heavy (non-hydrogen) atoms. The number of pyridine rings is 1. The normalized spacial score (nSPS) is 10.1. The molecule has 0 aliphatic carbocycles.